The lowest BCUT2D eigenvalue weighted by Gasteiger charge is -2.24. The van der Waals surface area contributed by atoms with E-state index in [1.54, 1.807) is 54.2 Å². The SMILES string of the molecule is C=CCN(c1ccccc1Cl)S(=O)(=O)c1cccc(C(=O)OCC(=O)c2cccn2C)c1. The van der Waals surface area contributed by atoms with Gasteiger partial charge in [-0.05, 0) is 42.5 Å². The van der Waals surface area contributed by atoms with Crippen LogP contribution in [-0.2, 0) is 21.8 Å². The highest BCUT2D eigenvalue weighted by molar-refractivity contribution is 7.92. The van der Waals surface area contributed by atoms with E-state index in [2.05, 4.69) is 6.58 Å². The van der Waals surface area contributed by atoms with Crippen LogP contribution in [0, 0.1) is 0 Å². The summed E-state index contributed by atoms with van der Waals surface area (Å²) in [7, 11) is -2.36. The van der Waals surface area contributed by atoms with Gasteiger partial charge in [0.05, 0.1) is 33.4 Å². The number of aryl methyl sites for hydroxylation is 1. The van der Waals surface area contributed by atoms with E-state index in [0.29, 0.717) is 5.69 Å². The number of halogens is 1. The van der Waals surface area contributed by atoms with E-state index in [0.717, 1.165) is 4.31 Å². The van der Waals surface area contributed by atoms with Crippen molar-refractivity contribution < 1.29 is 22.7 Å². The Morgan fingerprint density at radius 1 is 1.12 bits per heavy atom. The molecule has 0 spiro atoms. The van der Waals surface area contributed by atoms with E-state index >= 15 is 0 Å². The molecule has 2 aromatic carbocycles. The Hall–Kier alpha value is -3.36. The van der Waals surface area contributed by atoms with Crippen LogP contribution in [0.15, 0.2) is 84.4 Å². The molecule has 0 radical (unpaired) electrons. The van der Waals surface area contributed by atoms with Crippen LogP contribution < -0.4 is 4.31 Å². The van der Waals surface area contributed by atoms with E-state index < -0.39 is 22.6 Å². The van der Waals surface area contributed by atoms with Crippen molar-refractivity contribution in [2.75, 3.05) is 17.5 Å². The Morgan fingerprint density at radius 3 is 2.53 bits per heavy atom. The number of sulfonamides is 1. The Bertz CT molecular complexity index is 1270. The number of carbonyl (C=O) groups excluding carboxylic acids is 2. The van der Waals surface area contributed by atoms with E-state index in [1.165, 1.54) is 30.3 Å². The second-order valence-electron chi connectivity index (χ2n) is 6.81. The summed E-state index contributed by atoms with van der Waals surface area (Å²) in [5, 5.41) is 0.257. The number of rotatable bonds is 9. The number of Topliss-reactive ketones (excluding diaryl/α,β-unsaturated/α-hetero) is 1. The molecule has 0 unspecified atom stereocenters. The van der Waals surface area contributed by atoms with Gasteiger partial charge in [-0.1, -0.05) is 35.9 Å². The van der Waals surface area contributed by atoms with Gasteiger partial charge in [-0.3, -0.25) is 9.10 Å². The predicted molar refractivity (Wildman–Crippen MR) is 123 cm³/mol. The summed E-state index contributed by atoms with van der Waals surface area (Å²) in [5.74, 6) is -1.18. The van der Waals surface area contributed by atoms with Gasteiger partial charge in [0, 0.05) is 13.2 Å². The largest absolute Gasteiger partial charge is 0.454 e. The minimum atomic E-state index is -4.07. The number of anilines is 1. The number of nitrogens with zero attached hydrogens (tertiary/aromatic N) is 2. The number of carbonyl (C=O) groups is 2. The Labute approximate surface area is 191 Å². The second-order valence-corrected chi connectivity index (χ2v) is 9.08. The molecule has 0 N–H and O–H groups in total. The molecule has 7 nitrogen and oxygen atoms in total. The highest BCUT2D eigenvalue weighted by Crippen LogP contribution is 2.30. The Morgan fingerprint density at radius 2 is 1.88 bits per heavy atom. The van der Waals surface area contributed by atoms with Crippen LogP contribution >= 0.6 is 11.6 Å². The number of aromatic nitrogens is 1. The molecule has 9 heteroatoms. The summed E-state index contributed by atoms with van der Waals surface area (Å²) in [4.78, 5) is 24.6. The topological polar surface area (TPSA) is 85.7 Å². The van der Waals surface area contributed by atoms with Crippen LogP contribution in [0.25, 0.3) is 0 Å². The molecule has 3 rings (SSSR count). The molecule has 1 heterocycles. The average molecular weight is 473 g/mol. The molecule has 0 saturated heterocycles. The number of para-hydroxylation sites is 1. The molecule has 0 bridgehead atoms. The third-order valence-corrected chi connectivity index (χ3v) is 6.73. The van der Waals surface area contributed by atoms with Gasteiger partial charge in [-0.2, -0.15) is 0 Å². The van der Waals surface area contributed by atoms with E-state index in [4.69, 9.17) is 16.3 Å². The average Bonchev–Trinajstić information content (AvgIpc) is 3.22. The fourth-order valence-electron chi connectivity index (χ4n) is 3.05. The minimum Gasteiger partial charge on any atom is -0.454 e. The normalized spacial score (nSPS) is 11.1. The molecule has 32 heavy (non-hydrogen) atoms. The fourth-order valence-corrected chi connectivity index (χ4v) is 4.84. The van der Waals surface area contributed by atoms with Gasteiger partial charge in [-0.25, -0.2) is 13.2 Å². The maximum atomic E-state index is 13.3. The molecule has 1 aromatic heterocycles. The third kappa shape index (κ3) is 4.92. The molecule has 0 aliphatic heterocycles. The van der Waals surface area contributed by atoms with Gasteiger partial charge in [0.1, 0.15) is 0 Å². The van der Waals surface area contributed by atoms with E-state index in [-0.39, 0.29) is 33.5 Å². The van der Waals surface area contributed by atoms with Crippen molar-refractivity contribution >= 4 is 39.1 Å². The smallest absolute Gasteiger partial charge is 0.338 e. The number of ketones is 1. The standard InChI is InChI=1S/C23H21ClN2O5S/c1-3-13-26(20-11-5-4-10-19(20)24)32(29,30)18-9-6-8-17(15-18)23(28)31-16-22(27)21-12-7-14-25(21)2/h3-12,14-15H,1,13,16H2,2H3. The van der Waals surface area contributed by atoms with Crippen LogP contribution in [-0.4, -0.2) is 37.9 Å². The predicted octanol–water partition coefficient (Wildman–Crippen LogP) is 4.10. The van der Waals surface area contributed by atoms with Gasteiger partial charge in [0.25, 0.3) is 10.0 Å². The van der Waals surface area contributed by atoms with E-state index in [1.807, 2.05) is 0 Å². The lowest BCUT2D eigenvalue weighted by Crippen LogP contribution is -2.31. The quantitative estimate of drug-likeness (QED) is 0.266. The molecule has 166 valence electrons. The van der Waals surface area contributed by atoms with Gasteiger partial charge in [0.2, 0.25) is 5.78 Å². The van der Waals surface area contributed by atoms with Crippen molar-refractivity contribution in [1.82, 2.24) is 4.57 Å². The monoisotopic (exact) mass is 472 g/mol. The lowest BCUT2D eigenvalue weighted by atomic mass is 10.2. The van der Waals surface area contributed by atoms with Crippen LogP contribution in [0.3, 0.4) is 0 Å². The van der Waals surface area contributed by atoms with Crippen molar-refractivity contribution in [3.05, 3.63) is 95.8 Å². The highest BCUT2D eigenvalue weighted by atomic mass is 35.5. The molecule has 0 atom stereocenters. The first kappa shape index (κ1) is 23.3. The van der Waals surface area contributed by atoms with Crippen LogP contribution in [0.4, 0.5) is 5.69 Å². The first-order chi connectivity index (χ1) is 15.3. The summed E-state index contributed by atoms with van der Waals surface area (Å²) < 4.78 is 34.5. The first-order valence-electron chi connectivity index (χ1n) is 9.55. The maximum Gasteiger partial charge on any atom is 0.338 e. The summed E-state index contributed by atoms with van der Waals surface area (Å²) in [6.45, 7) is 3.14. The summed E-state index contributed by atoms with van der Waals surface area (Å²) in [6.07, 6.45) is 3.14. The fraction of sp³-hybridized carbons (Fsp3) is 0.130. The van der Waals surface area contributed by atoms with E-state index in [9.17, 15) is 18.0 Å². The summed E-state index contributed by atoms with van der Waals surface area (Å²) in [6, 6.07) is 15.3. The van der Waals surface area contributed by atoms with Crippen LogP contribution in [0.5, 0.6) is 0 Å². The highest BCUT2D eigenvalue weighted by Gasteiger charge is 2.26. The third-order valence-electron chi connectivity index (χ3n) is 4.64. The maximum absolute atomic E-state index is 13.3. The second kappa shape index (κ2) is 9.84. The molecule has 0 fully saturated rings. The van der Waals surface area contributed by atoms with Crippen molar-refractivity contribution in [3.8, 4) is 0 Å². The molecule has 0 aliphatic rings. The first-order valence-corrected chi connectivity index (χ1v) is 11.4. The van der Waals surface area contributed by atoms with Gasteiger partial charge in [0.15, 0.2) is 6.61 Å². The zero-order valence-corrected chi connectivity index (χ0v) is 18.8. The van der Waals surface area contributed by atoms with Crippen molar-refractivity contribution in [2.45, 2.75) is 4.90 Å². The number of hydrogen-bond acceptors (Lipinski definition) is 5. The Kier molecular flexibility index (Phi) is 7.17. The van der Waals surface area contributed by atoms with Gasteiger partial charge in [-0.15, -0.1) is 6.58 Å². The molecule has 0 saturated carbocycles. The van der Waals surface area contributed by atoms with Crippen molar-refractivity contribution in [3.63, 3.8) is 0 Å². The Balaban J connectivity index is 1.84. The molecule has 0 amide bonds. The zero-order valence-electron chi connectivity index (χ0n) is 17.3. The van der Waals surface area contributed by atoms with Crippen LogP contribution in [0.1, 0.15) is 20.8 Å². The number of ether oxygens (including phenoxy) is 1. The van der Waals surface area contributed by atoms with Gasteiger partial charge >= 0.3 is 5.97 Å². The number of hydrogen-bond donors (Lipinski definition) is 0. The lowest BCUT2D eigenvalue weighted by molar-refractivity contribution is 0.0472. The van der Waals surface area contributed by atoms with Crippen molar-refractivity contribution in [2.24, 2.45) is 7.05 Å². The molecular formula is C23H21ClN2O5S. The number of benzene rings is 2. The molecule has 0 aliphatic carbocycles. The van der Waals surface area contributed by atoms with Crippen LogP contribution in [0.2, 0.25) is 5.02 Å². The summed E-state index contributed by atoms with van der Waals surface area (Å²) in [5.41, 5.74) is 0.688. The minimum absolute atomic E-state index is 0.00321. The zero-order chi connectivity index (χ0) is 23.3. The van der Waals surface area contributed by atoms with Gasteiger partial charge < -0.3 is 9.30 Å². The van der Waals surface area contributed by atoms with Crippen molar-refractivity contribution in [1.29, 1.82) is 0 Å². The summed E-state index contributed by atoms with van der Waals surface area (Å²) >= 11 is 6.21. The molecule has 3 aromatic rings. The number of esters is 1. The molecular weight excluding hydrogens is 452 g/mol.